The molecule has 2 heterocycles. The molecule has 2 amide bonds. The fraction of sp³-hybridized carbons (Fsp3) is 0.588. The van der Waals surface area contributed by atoms with E-state index in [1.807, 2.05) is 4.90 Å². The molecule has 1 aromatic rings. The zero-order valence-electron chi connectivity index (χ0n) is 15.1. The molecule has 27 heavy (non-hydrogen) atoms. The molecule has 0 unspecified atom stereocenters. The van der Waals surface area contributed by atoms with E-state index in [4.69, 9.17) is 6.42 Å². The first-order valence-corrected chi connectivity index (χ1v) is 8.62. The minimum atomic E-state index is -4.66. The van der Waals surface area contributed by atoms with E-state index < -0.39 is 23.3 Å². The van der Waals surface area contributed by atoms with E-state index >= 15 is 0 Å². The minimum absolute atomic E-state index is 0.0165. The summed E-state index contributed by atoms with van der Waals surface area (Å²) in [4.78, 5) is 27.6. The van der Waals surface area contributed by atoms with Gasteiger partial charge >= 0.3 is 6.18 Å². The van der Waals surface area contributed by atoms with Gasteiger partial charge in [0.2, 0.25) is 5.91 Å². The Morgan fingerprint density at radius 3 is 2.67 bits per heavy atom. The molecule has 10 heteroatoms. The molecule has 1 aliphatic rings. The van der Waals surface area contributed by atoms with Crippen molar-refractivity contribution in [2.45, 2.75) is 26.1 Å². The molecule has 0 bridgehead atoms. The van der Waals surface area contributed by atoms with Crippen molar-refractivity contribution in [1.82, 2.24) is 24.9 Å². The van der Waals surface area contributed by atoms with Crippen molar-refractivity contribution in [3.63, 3.8) is 0 Å². The van der Waals surface area contributed by atoms with Gasteiger partial charge in [-0.25, -0.2) is 0 Å². The lowest BCUT2D eigenvalue weighted by Gasteiger charge is -2.22. The van der Waals surface area contributed by atoms with E-state index in [-0.39, 0.29) is 32.1 Å². The first-order chi connectivity index (χ1) is 12.8. The minimum Gasteiger partial charge on any atom is -0.344 e. The molecule has 0 atom stereocenters. The van der Waals surface area contributed by atoms with E-state index in [9.17, 15) is 22.8 Å². The second kappa shape index (κ2) is 8.90. The maximum atomic E-state index is 13.3. The van der Waals surface area contributed by atoms with Crippen LogP contribution >= 0.6 is 0 Å². The van der Waals surface area contributed by atoms with Crippen LogP contribution < -0.4 is 5.32 Å². The molecule has 7 nitrogen and oxygen atoms in total. The van der Waals surface area contributed by atoms with Gasteiger partial charge in [0, 0.05) is 32.7 Å². The predicted octanol–water partition coefficient (Wildman–Crippen LogP) is 0.819. The predicted molar refractivity (Wildman–Crippen MR) is 91.7 cm³/mol. The van der Waals surface area contributed by atoms with Crippen LogP contribution in [0.4, 0.5) is 13.2 Å². The summed E-state index contributed by atoms with van der Waals surface area (Å²) in [7, 11) is 0. The van der Waals surface area contributed by atoms with E-state index in [1.54, 1.807) is 0 Å². The number of rotatable bonds is 5. The molecular weight excluding hydrogens is 363 g/mol. The van der Waals surface area contributed by atoms with Crippen LogP contribution in [0.1, 0.15) is 29.4 Å². The zero-order valence-corrected chi connectivity index (χ0v) is 15.1. The lowest BCUT2D eigenvalue weighted by Crippen LogP contribution is -2.40. The van der Waals surface area contributed by atoms with Crippen LogP contribution in [-0.2, 0) is 17.5 Å². The maximum Gasteiger partial charge on any atom is 0.433 e. The summed E-state index contributed by atoms with van der Waals surface area (Å²) in [6.45, 7) is 3.32. The van der Waals surface area contributed by atoms with E-state index in [0.717, 1.165) is 10.9 Å². The van der Waals surface area contributed by atoms with Gasteiger partial charge in [-0.05, 0) is 13.3 Å². The van der Waals surface area contributed by atoms with Crippen LogP contribution in [0.25, 0.3) is 0 Å². The Morgan fingerprint density at radius 1 is 1.30 bits per heavy atom. The van der Waals surface area contributed by atoms with Gasteiger partial charge in [0.05, 0.1) is 24.8 Å². The maximum absolute atomic E-state index is 13.3. The van der Waals surface area contributed by atoms with Gasteiger partial charge in [-0.2, -0.15) is 18.3 Å². The molecule has 1 aromatic heterocycles. The monoisotopic (exact) mass is 385 g/mol. The highest BCUT2D eigenvalue weighted by Gasteiger charge is 2.40. The number of hydrogen-bond acceptors (Lipinski definition) is 4. The molecule has 1 N–H and O–H groups in total. The number of carbonyl (C=O) groups excluding carboxylic acids is 2. The SMILES string of the molecule is C#CCNC(=O)CN1CCCN(C(=O)c2cnn(CC)c2C(F)(F)F)CC1. The molecule has 0 spiro atoms. The number of terminal acetylenes is 1. The van der Waals surface area contributed by atoms with Crippen molar-refractivity contribution in [3.05, 3.63) is 17.5 Å². The van der Waals surface area contributed by atoms with E-state index in [0.29, 0.717) is 26.1 Å². The third kappa shape index (κ3) is 5.23. The van der Waals surface area contributed by atoms with Crippen molar-refractivity contribution in [3.8, 4) is 12.3 Å². The number of nitrogens with one attached hydrogen (secondary N) is 1. The normalized spacial score (nSPS) is 15.9. The van der Waals surface area contributed by atoms with Crippen LogP contribution in [0.2, 0.25) is 0 Å². The smallest absolute Gasteiger partial charge is 0.344 e. The number of aryl methyl sites for hydroxylation is 1. The fourth-order valence-electron chi connectivity index (χ4n) is 2.99. The Bertz CT molecular complexity index is 723. The third-order valence-corrected chi connectivity index (χ3v) is 4.27. The Morgan fingerprint density at radius 2 is 2.04 bits per heavy atom. The highest BCUT2D eigenvalue weighted by Crippen LogP contribution is 2.32. The van der Waals surface area contributed by atoms with Crippen LogP contribution in [0.3, 0.4) is 0 Å². The molecule has 148 valence electrons. The van der Waals surface area contributed by atoms with Crippen molar-refractivity contribution < 1.29 is 22.8 Å². The van der Waals surface area contributed by atoms with E-state index in [1.165, 1.54) is 11.8 Å². The van der Waals surface area contributed by atoms with Crippen LogP contribution in [0.5, 0.6) is 0 Å². The number of halogens is 3. The van der Waals surface area contributed by atoms with Gasteiger partial charge in [-0.15, -0.1) is 6.42 Å². The average Bonchev–Trinajstić information content (AvgIpc) is 2.93. The molecule has 0 saturated carbocycles. The van der Waals surface area contributed by atoms with Crippen molar-refractivity contribution in [2.24, 2.45) is 0 Å². The number of aromatic nitrogens is 2. The first-order valence-electron chi connectivity index (χ1n) is 8.62. The largest absolute Gasteiger partial charge is 0.433 e. The van der Waals surface area contributed by atoms with Crippen LogP contribution in [0, 0.1) is 12.3 Å². The second-order valence-electron chi connectivity index (χ2n) is 6.12. The quantitative estimate of drug-likeness (QED) is 0.762. The van der Waals surface area contributed by atoms with Crippen LogP contribution in [0.15, 0.2) is 6.20 Å². The standard InChI is InChI=1S/C17H22F3N5O2/c1-3-6-21-14(26)12-23-7-5-8-24(10-9-23)16(27)13-11-22-25(4-2)15(13)17(18,19)20/h1,11H,4-10,12H2,2H3,(H,21,26). The fourth-order valence-corrected chi connectivity index (χ4v) is 2.99. The Kier molecular flexibility index (Phi) is 6.85. The lowest BCUT2D eigenvalue weighted by atomic mass is 10.2. The van der Waals surface area contributed by atoms with Crippen molar-refractivity contribution in [2.75, 3.05) is 39.3 Å². The molecule has 0 aromatic carbocycles. The highest BCUT2D eigenvalue weighted by molar-refractivity contribution is 5.95. The lowest BCUT2D eigenvalue weighted by molar-refractivity contribution is -0.144. The molecular formula is C17H22F3N5O2. The van der Waals surface area contributed by atoms with Crippen molar-refractivity contribution in [1.29, 1.82) is 0 Å². The average molecular weight is 385 g/mol. The Hall–Kier alpha value is -2.54. The molecule has 0 aliphatic carbocycles. The second-order valence-corrected chi connectivity index (χ2v) is 6.12. The van der Waals surface area contributed by atoms with Gasteiger partial charge in [0.25, 0.3) is 5.91 Å². The van der Waals surface area contributed by atoms with Gasteiger partial charge in [-0.1, -0.05) is 5.92 Å². The molecule has 2 rings (SSSR count). The summed E-state index contributed by atoms with van der Waals surface area (Å²) in [5, 5.41) is 6.25. The van der Waals surface area contributed by atoms with Gasteiger partial charge in [-0.3, -0.25) is 19.2 Å². The Balaban J connectivity index is 2.06. The summed E-state index contributed by atoms with van der Waals surface area (Å²) < 4.78 is 40.8. The number of hydrogen-bond donors (Lipinski definition) is 1. The van der Waals surface area contributed by atoms with Crippen LogP contribution in [-0.4, -0.2) is 70.7 Å². The molecule has 1 saturated heterocycles. The summed E-state index contributed by atoms with van der Waals surface area (Å²) in [5.41, 5.74) is -1.46. The molecule has 1 fully saturated rings. The molecule has 1 aliphatic heterocycles. The summed E-state index contributed by atoms with van der Waals surface area (Å²) in [6.07, 6.45) is 1.95. The van der Waals surface area contributed by atoms with Gasteiger partial charge in [0.15, 0.2) is 5.69 Å². The van der Waals surface area contributed by atoms with E-state index in [2.05, 4.69) is 16.3 Å². The first kappa shape index (κ1) is 20.8. The van der Waals surface area contributed by atoms with Gasteiger partial charge in [0.1, 0.15) is 0 Å². The number of carbonyl (C=O) groups is 2. The topological polar surface area (TPSA) is 70.5 Å². The Labute approximate surface area is 155 Å². The third-order valence-electron chi connectivity index (χ3n) is 4.27. The summed E-state index contributed by atoms with van der Waals surface area (Å²) >= 11 is 0. The number of nitrogens with zero attached hydrogens (tertiary/aromatic N) is 4. The number of amides is 2. The highest BCUT2D eigenvalue weighted by atomic mass is 19.4. The zero-order chi connectivity index (χ0) is 20.0. The van der Waals surface area contributed by atoms with Gasteiger partial charge < -0.3 is 10.2 Å². The summed E-state index contributed by atoms with van der Waals surface area (Å²) in [6, 6.07) is 0. The van der Waals surface area contributed by atoms with Crippen molar-refractivity contribution >= 4 is 11.8 Å². The molecule has 0 radical (unpaired) electrons. The summed E-state index contributed by atoms with van der Waals surface area (Å²) in [5.74, 6) is 1.39. The number of alkyl halides is 3.